The molecule has 0 bridgehead atoms. The quantitative estimate of drug-likeness (QED) is 0.866. The van der Waals surface area contributed by atoms with Crippen LogP contribution in [0.5, 0.6) is 0 Å². The zero-order valence-electron chi connectivity index (χ0n) is 12.2. The van der Waals surface area contributed by atoms with E-state index < -0.39 is 5.97 Å². The fourth-order valence-corrected chi connectivity index (χ4v) is 2.86. The molecule has 2 rings (SSSR count). The Hall–Kier alpha value is -1.39. The maximum absolute atomic E-state index is 11.3. The Morgan fingerprint density at radius 1 is 1.35 bits per heavy atom. The standard InChI is InChI=1S/C16H24N2O2/c1-17(12-7-10-14-8-3-2-4-9-14)18-13-6-5-11-15(18)16(19)20/h2-4,8-9,15H,5-7,10-13H2,1H3,(H,19,20). The third-order valence-electron chi connectivity index (χ3n) is 3.99. The second kappa shape index (κ2) is 7.41. The summed E-state index contributed by atoms with van der Waals surface area (Å²) in [6.45, 7) is 1.76. The molecule has 0 radical (unpaired) electrons. The number of hydrazine groups is 1. The number of piperidine rings is 1. The second-order valence-electron chi connectivity index (χ2n) is 5.48. The summed E-state index contributed by atoms with van der Waals surface area (Å²) in [5, 5.41) is 13.4. The molecule has 1 saturated heterocycles. The minimum Gasteiger partial charge on any atom is -0.480 e. The van der Waals surface area contributed by atoms with Crippen LogP contribution in [0.4, 0.5) is 0 Å². The smallest absolute Gasteiger partial charge is 0.322 e. The van der Waals surface area contributed by atoms with E-state index in [1.54, 1.807) is 0 Å². The van der Waals surface area contributed by atoms with Gasteiger partial charge in [0.1, 0.15) is 6.04 Å². The van der Waals surface area contributed by atoms with Gasteiger partial charge in [-0.25, -0.2) is 10.0 Å². The summed E-state index contributed by atoms with van der Waals surface area (Å²) in [6, 6.07) is 10.1. The monoisotopic (exact) mass is 276 g/mol. The number of hydrogen-bond donors (Lipinski definition) is 1. The molecule has 1 aromatic rings. The SMILES string of the molecule is CN(CCCc1ccccc1)N1CCCCC1C(=O)O. The Bertz CT molecular complexity index is 422. The lowest BCUT2D eigenvalue weighted by molar-refractivity contribution is -0.155. The van der Waals surface area contributed by atoms with E-state index in [0.717, 1.165) is 45.2 Å². The number of carboxylic acid groups (broad SMARTS) is 1. The van der Waals surface area contributed by atoms with Crippen LogP contribution in [0.1, 0.15) is 31.2 Å². The van der Waals surface area contributed by atoms with E-state index in [9.17, 15) is 9.90 Å². The number of carbonyl (C=O) groups is 1. The van der Waals surface area contributed by atoms with Gasteiger partial charge in [0.25, 0.3) is 0 Å². The topological polar surface area (TPSA) is 43.8 Å². The van der Waals surface area contributed by atoms with Gasteiger partial charge in [-0.3, -0.25) is 4.79 Å². The summed E-state index contributed by atoms with van der Waals surface area (Å²) in [6.07, 6.45) is 4.95. The van der Waals surface area contributed by atoms with Crippen molar-refractivity contribution in [2.24, 2.45) is 0 Å². The molecule has 1 heterocycles. The molecule has 1 aliphatic heterocycles. The molecule has 0 saturated carbocycles. The molecule has 1 N–H and O–H groups in total. The number of carboxylic acids is 1. The van der Waals surface area contributed by atoms with Gasteiger partial charge < -0.3 is 5.11 Å². The Kier molecular flexibility index (Phi) is 5.56. The van der Waals surface area contributed by atoms with Crippen LogP contribution in [0.2, 0.25) is 0 Å². The molecule has 0 spiro atoms. The predicted molar refractivity (Wildman–Crippen MR) is 79.4 cm³/mol. The van der Waals surface area contributed by atoms with Gasteiger partial charge in [-0.05, 0) is 37.7 Å². The number of aryl methyl sites for hydroxylation is 1. The minimum absolute atomic E-state index is 0.342. The van der Waals surface area contributed by atoms with E-state index in [1.807, 2.05) is 18.1 Å². The number of nitrogens with zero attached hydrogens (tertiary/aromatic N) is 2. The first kappa shape index (κ1) is 15.0. The summed E-state index contributed by atoms with van der Waals surface area (Å²) >= 11 is 0. The first-order chi connectivity index (χ1) is 9.68. The lowest BCUT2D eigenvalue weighted by Crippen LogP contribution is -2.53. The largest absolute Gasteiger partial charge is 0.480 e. The van der Waals surface area contributed by atoms with Crippen LogP contribution in [0.15, 0.2) is 30.3 Å². The first-order valence-electron chi connectivity index (χ1n) is 7.43. The summed E-state index contributed by atoms with van der Waals surface area (Å²) in [5.74, 6) is -0.695. The van der Waals surface area contributed by atoms with Crippen molar-refractivity contribution in [1.82, 2.24) is 10.0 Å². The van der Waals surface area contributed by atoms with E-state index in [2.05, 4.69) is 29.3 Å². The lowest BCUT2D eigenvalue weighted by Gasteiger charge is -2.39. The molecular weight excluding hydrogens is 252 g/mol. The van der Waals surface area contributed by atoms with E-state index >= 15 is 0 Å². The first-order valence-corrected chi connectivity index (χ1v) is 7.43. The maximum atomic E-state index is 11.3. The Labute approximate surface area is 121 Å². The fraction of sp³-hybridized carbons (Fsp3) is 0.562. The van der Waals surface area contributed by atoms with E-state index in [0.29, 0.717) is 0 Å². The van der Waals surface area contributed by atoms with Gasteiger partial charge in [-0.1, -0.05) is 30.3 Å². The summed E-state index contributed by atoms with van der Waals surface area (Å²) in [7, 11) is 2.01. The van der Waals surface area contributed by atoms with Crippen LogP contribution in [-0.2, 0) is 11.2 Å². The van der Waals surface area contributed by atoms with Gasteiger partial charge in [0.05, 0.1) is 0 Å². The highest BCUT2D eigenvalue weighted by molar-refractivity contribution is 5.73. The predicted octanol–water partition coefficient (Wildman–Crippen LogP) is 2.41. The third-order valence-corrected chi connectivity index (χ3v) is 3.99. The highest BCUT2D eigenvalue weighted by atomic mass is 16.4. The van der Waals surface area contributed by atoms with Gasteiger partial charge in [0, 0.05) is 20.1 Å². The molecule has 1 unspecified atom stereocenters. The van der Waals surface area contributed by atoms with Crippen molar-refractivity contribution >= 4 is 5.97 Å². The average molecular weight is 276 g/mol. The number of hydrogen-bond acceptors (Lipinski definition) is 3. The van der Waals surface area contributed by atoms with Crippen LogP contribution in [-0.4, -0.2) is 47.3 Å². The van der Waals surface area contributed by atoms with Crippen molar-refractivity contribution in [3.63, 3.8) is 0 Å². The molecule has 0 amide bonds. The molecule has 1 atom stereocenters. The Morgan fingerprint density at radius 3 is 2.80 bits per heavy atom. The normalized spacial score (nSPS) is 20.2. The number of aliphatic carboxylic acids is 1. The van der Waals surface area contributed by atoms with E-state index in [1.165, 1.54) is 5.56 Å². The molecule has 0 aromatic heterocycles. The number of rotatable bonds is 6. The third kappa shape index (κ3) is 4.05. The molecule has 1 fully saturated rings. The van der Waals surface area contributed by atoms with Crippen LogP contribution in [0.25, 0.3) is 0 Å². The molecule has 110 valence electrons. The van der Waals surface area contributed by atoms with Gasteiger partial charge in [0.2, 0.25) is 0 Å². The highest BCUT2D eigenvalue weighted by Gasteiger charge is 2.30. The van der Waals surface area contributed by atoms with Gasteiger partial charge in [-0.2, -0.15) is 0 Å². The van der Waals surface area contributed by atoms with E-state index in [4.69, 9.17) is 0 Å². The fourth-order valence-electron chi connectivity index (χ4n) is 2.86. The van der Waals surface area contributed by atoms with Crippen LogP contribution in [0, 0.1) is 0 Å². The molecular formula is C16H24N2O2. The van der Waals surface area contributed by atoms with E-state index in [-0.39, 0.29) is 6.04 Å². The second-order valence-corrected chi connectivity index (χ2v) is 5.48. The summed E-state index contributed by atoms with van der Waals surface area (Å²) in [5.41, 5.74) is 1.34. The van der Waals surface area contributed by atoms with Crippen LogP contribution < -0.4 is 0 Å². The lowest BCUT2D eigenvalue weighted by atomic mass is 10.0. The van der Waals surface area contributed by atoms with Gasteiger partial charge in [-0.15, -0.1) is 0 Å². The highest BCUT2D eigenvalue weighted by Crippen LogP contribution is 2.19. The van der Waals surface area contributed by atoms with Crippen molar-refractivity contribution in [3.05, 3.63) is 35.9 Å². The average Bonchev–Trinajstić information content (AvgIpc) is 2.48. The Balaban J connectivity index is 1.81. The maximum Gasteiger partial charge on any atom is 0.322 e. The zero-order chi connectivity index (χ0) is 14.4. The van der Waals surface area contributed by atoms with Crippen molar-refractivity contribution in [2.45, 2.75) is 38.1 Å². The van der Waals surface area contributed by atoms with Crippen molar-refractivity contribution < 1.29 is 9.90 Å². The van der Waals surface area contributed by atoms with Crippen molar-refractivity contribution in [1.29, 1.82) is 0 Å². The summed E-state index contributed by atoms with van der Waals surface area (Å²) in [4.78, 5) is 11.3. The van der Waals surface area contributed by atoms with Crippen molar-refractivity contribution in [3.8, 4) is 0 Å². The minimum atomic E-state index is -0.695. The van der Waals surface area contributed by atoms with Crippen LogP contribution >= 0.6 is 0 Å². The molecule has 1 aromatic carbocycles. The van der Waals surface area contributed by atoms with Crippen LogP contribution in [0.3, 0.4) is 0 Å². The molecule has 20 heavy (non-hydrogen) atoms. The number of benzene rings is 1. The molecule has 0 aliphatic carbocycles. The molecule has 1 aliphatic rings. The molecule has 4 nitrogen and oxygen atoms in total. The Morgan fingerprint density at radius 2 is 2.10 bits per heavy atom. The molecule has 4 heteroatoms. The van der Waals surface area contributed by atoms with Gasteiger partial charge in [0.15, 0.2) is 0 Å². The summed E-state index contributed by atoms with van der Waals surface area (Å²) < 4.78 is 0. The van der Waals surface area contributed by atoms with Gasteiger partial charge >= 0.3 is 5.97 Å². The van der Waals surface area contributed by atoms with Crippen molar-refractivity contribution in [2.75, 3.05) is 20.1 Å². The zero-order valence-corrected chi connectivity index (χ0v) is 12.2.